The average molecular weight is 495 g/mol. The Bertz CT molecular complexity index is 1680. The third-order valence-corrected chi connectivity index (χ3v) is 6.65. The molecule has 9 heteroatoms. The Balaban J connectivity index is 1.45. The van der Waals surface area contributed by atoms with Gasteiger partial charge < -0.3 is 15.7 Å². The highest BCUT2D eigenvalue weighted by atomic mass is 32.2. The van der Waals surface area contributed by atoms with Crippen LogP contribution in [0.3, 0.4) is 0 Å². The molecule has 170 valence electrons. The van der Waals surface area contributed by atoms with Crippen molar-refractivity contribution in [3.8, 4) is 28.7 Å². The standard InChI is InChI=1S/C26H18N6OS2/c1-14-2-4-15(5-3-14)22-19(13-27)25(32-26(34)31-22)35-18-9-6-16(7-10-18)24-29-20-11-8-17(23(28)33)12-21(20)30-24/h2-12H,1H3,(H2,28,33)(H,29,30)(H,31,32,34). The van der Waals surface area contributed by atoms with Crippen LogP contribution < -0.4 is 5.73 Å². The lowest BCUT2D eigenvalue weighted by atomic mass is 10.1. The lowest BCUT2D eigenvalue weighted by molar-refractivity contribution is 0.100. The van der Waals surface area contributed by atoms with E-state index in [4.69, 9.17) is 18.0 Å². The molecule has 0 saturated carbocycles. The minimum Gasteiger partial charge on any atom is -0.366 e. The van der Waals surface area contributed by atoms with Crippen LogP contribution in [-0.2, 0) is 0 Å². The van der Waals surface area contributed by atoms with Crippen molar-refractivity contribution in [3.63, 3.8) is 0 Å². The van der Waals surface area contributed by atoms with Crippen LogP contribution >= 0.6 is 24.0 Å². The van der Waals surface area contributed by atoms with Gasteiger partial charge in [0.1, 0.15) is 22.5 Å². The van der Waals surface area contributed by atoms with Gasteiger partial charge in [0, 0.05) is 16.0 Å². The second kappa shape index (κ2) is 9.18. The van der Waals surface area contributed by atoms with Crippen molar-refractivity contribution in [2.24, 2.45) is 5.73 Å². The first-order valence-electron chi connectivity index (χ1n) is 10.6. The molecule has 5 aromatic rings. The maximum absolute atomic E-state index is 11.4. The van der Waals surface area contributed by atoms with Gasteiger partial charge in [-0.15, -0.1) is 0 Å². The normalized spacial score (nSPS) is 10.9. The number of nitriles is 1. The Morgan fingerprint density at radius 1 is 1.00 bits per heavy atom. The van der Waals surface area contributed by atoms with Crippen molar-refractivity contribution in [2.45, 2.75) is 16.8 Å². The van der Waals surface area contributed by atoms with E-state index >= 15 is 0 Å². The van der Waals surface area contributed by atoms with E-state index in [1.165, 1.54) is 11.8 Å². The molecule has 35 heavy (non-hydrogen) atoms. The molecule has 0 saturated heterocycles. The van der Waals surface area contributed by atoms with Crippen LogP contribution in [0.1, 0.15) is 21.5 Å². The molecule has 0 spiro atoms. The van der Waals surface area contributed by atoms with E-state index in [0.717, 1.165) is 32.6 Å². The largest absolute Gasteiger partial charge is 0.366 e. The number of rotatable bonds is 5. The van der Waals surface area contributed by atoms with Crippen molar-refractivity contribution in [1.29, 1.82) is 5.26 Å². The van der Waals surface area contributed by atoms with Crippen LogP contribution in [0.5, 0.6) is 0 Å². The smallest absolute Gasteiger partial charge is 0.248 e. The molecule has 0 radical (unpaired) electrons. The van der Waals surface area contributed by atoms with Crippen molar-refractivity contribution in [2.75, 3.05) is 0 Å². The van der Waals surface area contributed by atoms with Crippen molar-refractivity contribution < 1.29 is 4.79 Å². The molecule has 4 N–H and O–H groups in total. The van der Waals surface area contributed by atoms with Gasteiger partial charge in [-0.2, -0.15) is 5.26 Å². The van der Waals surface area contributed by atoms with Crippen LogP contribution in [0.2, 0.25) is 0 Å². The summed E-state index contributed by atoms with van der Waals surface area (Å²) in [7, 11) is 0. The number of carbonyl (C=O) groups excluding carboxylic acids is 1. The van der Waals surface area contributed by atoms with E-state index in [2.05, 4.69) is 26.0 Å². The molecular formula is C26H18N6OS2. The van der Waals surface area contributed by atoms with Crippen LogP contribution in [0.4, 0.5) is 0 Å². The minimum atomic E-state index is -0.485. The molecule has 1 amide bonds. The number of benzene rings is 3. The number of aromatic amines is 2. The first-order chi connectivity index (χ1) is 16.9. The molecule has 7 nitrogen and oxygen atoms in total. The number of amides is 1. The molecule has 2 heterocycles. The fourth-order valence-corrected chi connectivity index (χ4v) is 4.79. The summed E-state index contributed by atoms with van der Waals surface area (Å²) in [4.78, 5) is 27.7. The molecular weight excluding hydrogens is 476 g/mol. The van der Waals surface area contributed by atoms with Crippen molar-refractivity contribution >= 4 is 40.9 Å². The summed E-state index contributed by atoms with van der Waals surface area (Å²) in [6.07, 6.45) is 0. The highest BCUT2D eigenvalue weighted by Gasteiger charge is 2.15. The van der Waals surface area contributed by atoms with Crippen LogP contribution in [0, 0.1) is 23.0 Å². The predicted octanol–water partition coefficient (Wildman–Crippen LogP) is 5.78. The lowest BCUT2D eigenvalue weighted by Crippen LogP contribution is -2.10. The van der Waals surface area contributed by atoms with Gasteiger partial charge in [0.25, 0.3) is 0 Å². The van der Waals surface area contributed by atoms with Gasteiger partial charge in [-0.1, -0.05) is 53.7 Å². The van der Waals surface area contributed by atoms with E-state index in [1.54, 1.807) is 18.2 Å². The number of primary amides is 1. The number of nitrogens with two attached hydrogens (primary N) is 1. The van der Waals surface area contributed by atoms with Gasteiger partial charge in [-0.05, 0) is 55.0 Å². The number of nitrogens with one attached hydrogen (secondary N) is 2. The molecule has 0 aliphatic heterocycles. The van der Waals surface area contributed by atoms with Crippen molar-refractivity contribution in [3.05, 3.63) is 88.2 Å². The van der Waals surface area contributed by atoms with Crippen LogP contribution in [0.15, 0.2) is 76.7 Å². The van der Waals surface area contributed by atoms with E-state index < -0.39 is 5.91 Å². The predicted molar refractivity (Wildman–Crippen MR) is 138 cm³/mol. The van der Waals surface area contributed by atoms with E-state index in [1.807, 2.05) is 55.5 Å². The Morgan fingerprint density at radius 2 is 1.71 bits per heavy atom. The number of H-pyrrole nitrogens is 2. The zero-order chi connectivity index (χ0) is 24.5. The number of fused-ring (bicyclic) bond motifs is 1. The fourth-order valence-electron chi connectivity index (χ4n) is 3.66. The summed E-state index contributed by atoms with van der Waals surface area (Å²) in [5.41, 5.74) is 11.3. The molecule has 0 unspecified atom stereocenters. The molecule has 5 rings (SSSR count). The topological polar surface area (TPSA) is 124 Å². The Kier molecular flexibility index (Phi) is 5.91. The Hall–Kier alpha value is -4.26. The molecule has 0 aliphatic rings. The first-order valence-corrected chi connectivity index (χ1v) is 11.8. The second-order valence-corrected chi connectivity index (χ2v) is 9.33. The van der Waals surface area contributed by atoms with E-state index in [9.17, 15) is 10.1 Å². The third-order valence-electron chi connectivity index (χ3n) is 5.46. The van der Waals surface area contributed by atoms with E-state index in [0.29, 0.717) is 32.4 Å². The molecule has 0 atom stereocenters. The lowest BCUT2D eigenvalue weighted by Gasteiger charge is -2.09. The monoisotopic (exact) mass is 494 g/mol. The van der Waals surface area contributed by atoms with E-state index in [-0.39, 0.29) is 0 Å². The fraction of sp³-hybridized carbons (Fsp3) is 0.0385. The van der Waals surface area contributed by atoms with Gasteiger partial charge in [0.05, 0.1) is 16.7 Å². The number of aromatic nitrogens is 4. The number of nitrogens with zero attached hydrogens (tertiary/aromatic N) is 3. The maximum Gasteiger partial charge on any atom is 0.248 e. The maximum atomic E-state index is 11.4. The number of hydrogen-bond donors (Lipinski definition) is 3. The first kappa shape index (κ1) is 22.5. The SMILES string of the molecule is Cc1ccc(-c2[nH]c(=S)nc(Sc3ccc(-c4nc5ccc(C(N)=O)cc5[nH]4)cc3)c2C#N)cc1. The van der Waals surface area contributed by atoms with Crippen molar-refractivity contribution in [1.82, 2.24) is 19.9 Å². The molecule has 0 bridgehead atoms. The molecule has 0 fully saturated rings. The minimum absolute atomic E-state index is 0.316. The summed E-state index contributed by atoms with van der Waals surface area (Å²) < 4.78 is 0.316. The average Bonchev–Trinajstić information content (AvgIpc) is 3.28. The summed E-state index contributed by atoms with van der Waals surface area (Å²) in [5.74, 6) is 0.193. The number of imidazole rings is 1. The Morgan fingerprint density at radius 3 is 2.40 bits per heavy atom. The molecule has 3 aromatic carbocycles. The third kappa shape index (κ3) is 4.57. The summed E-state index contributed by atoms with van der Waals surface area (Å²) in [5, 5.41) is 10.4. The zero-order valence-electron chi connectivity index (χ0n) is 18.5. The van der Waals surface area contributed by atoms with Crippen LogP contribution in [-0.4, -0.2) is 25.8 Å². The molecule has 0 aliphatic carbocycles. The number of carbonyl (C=O) groups is 1. The van der Waals surface area contributed by atoms with Gasteiger partial charge in [-0.3, -0.25) is 4.79 Å². The van der Waals surface area contributed by atoms with Gasteiger partial charge in [0.2, 0.25) is 5.91 Å². The quantitative estimate of drug-likeness (QED) is 0.210. The summed E-state index contributed by atoms with van der Waals surface area (Å²) in [6, 6.07) is 23.0. The van der Waals surface area contributed by atoms with Gasteiger partial charge >= 0.3 is 0 Å². The highest BCUT2D eigenvalue weighted by molar-refractivity contribution is 7.99. The second-order valence-electron chi connectivity index (χ2n) is 7.88. The zero-order valence-corrected chi connectivity index (χ0v) is 20.1. The Labute approximate surface area is 210 Å². The van der Waals surface area contributed by atoms with Gasteiger partial charge in [-0.25, -0.2) is 9.97 Å². The summed E-state index contributed by atoms with van der Waals surface area (Å²) in [6.45, 7) is 2.01. The summed E-state index contributed by atoms with van der Waals surface area (Å²) >= 11 is 6.72. The van der Waals surface area contributed by atoms with Crippen LogP contribution in [0.25, 0.3) is 33.7 Å². The van der Waals surface area contributed by atoms with Gasteiger partial charge in [0.15, 0.2) is 4.77 Å². The highest BCUT2D eigenvalue weighted by Crippen LogP contribution is 2.34. The molecule has 2 aromatic heterocycles. The number of hydrogen-bond acceptors (Lipinski definition) is 6. The number of aryl methyl sites for hydroxylation is 1.